The third-order valence-electron chi connectivity index (χ3n) is 3.63. The molecular formula is C14H18F3NO2S. The van der Waals surface area contributed by atoms with Crippen molar-refractivity contribution < 1.29 is 21.6 Å². The van der Waals surface area contributed by atoms with Gasteiger partial charge in [-0.05, 0) is 18.4 Å². The number of hydrogen-bond acceptors (Lipinski definition) is 3. The molecule has 1 aliphatic heterocycles. The van der Waals surface area contributed by atoms with Crippen LogP contribution in [0.15, 0.2) is 30.3 Å². The van der Waals surface area contributed by atoms with Gasteiger partial charge >= 0.3 is 6.18 Å². The smallest absolute Gasteiger partial charge is 0.307 e. The molecule has 0 spiro atoms. The molecule has 2 rings (SSSR count). The van der Waals surface area contributed by atoms with Gasteiger partial charge in [-0.3, -0.25) is 0 Å². The Balaban J connectivity index is 2.06. The van der Waals surface area contributed by atoms with Crippen molar-refractivity contribution in [2.75, 3.05) is 11.5 Å². The molecule has 1 saturated heterocycles. The number of nitrogens with one attached hydrogen (secondary N) is 1. The van der Waals surface area contributed by atoms with Crippen molar-refractivity contribution in [3.05, 3.63) is 35.9 Å². The molecule has 0 bridgehead atoms. The monoisotopic (exact) mass is 321 g/mol. The first-order chi connectivity index (χ1) is 9.75. The van der Waals surface area contributed by atoms with Crippen LogP contribution in [0.5, 0.6) is 0 Å². The van der Waals surface area contributed by atoms with Crippen LogP contribution in [-0.2, 0) is 9.84 Å². The van der Waals surface area contributed by atoms with E-state index < -0.39 is 28.5 Å². The van der Waals surface area contributed by atoms with E-state index in [4.69, 9.17) is 0 Å². The molecule has 1 atom stereocenters. The van der Waals surface area contributed by atoms with Crippen LogP contribution in [0.25, 0.3) is 0 Å². The molecule has 1 aromatic carbocycles. The van der Waals surface area contributed by atoms with Gasteiger partial charge in [0, 0.05) is 12.1 Å². The Kier molecular flexibility index (Phi) is 4.93. The number of halogens is 3. The van der Waals surface area contributed by atoms with Gasteiger partial charge < -0.3 is 5.32 Å². The van der Waals surface area contributed by atoms with Crippen LogP contribution in [0, 0.1) is 0 Å². The molecule has 0 radical (unpaired) electrons. The van der Waals surface area contributed by atoms with E-state index in [1.54, 1.807) is 30.3 Å². The molecule has 0 amide bonds. The zero-order valence-electron chi connectivity index (χ0n) is 11.4. The highest BCUT2D eigenvalue weighted by atomic mass is 32.2. The first kappa shape index (κ1) is 16.3. The van der Waals surface area contributed by atoms with E-state index in [1.807, 2.05) is 0 Å². The Morgan fingerprint density at radius 1 is 1.14 bits per heavy atom. The van der Waals surface area contributed by atoms with Crippen molar-refractivity contribution in [3.8, 4) is 0 Å². The lowest BCUT2D eigenvalue weighted by molar-refractivity contribution is -0.141. The van der Waals surface area contributed by atoms with Crippen LogP contribution in [0.4, 0.5) is 13.2 Å². The van der Waals surface area contributed by atoms with Gasteiger partial charge in [-0.15, -0.1) is 0 Å². The van der Waals surface area contributed by atoms with E-state index in [9.17, 15) is 21.6 Å². The molecule has 1 unspecified atom stereocenters. The van der Waals surface area contributed by atoms with Gasteiger partial charge in [0.25, 0.3) is 0 Å². The second-order valence-electron chi connectivity index (χ2n) is 5.38. The lowest BCUT2D eigenvalue weighted by Gasteiger charge is -2.29. The van der Waals surface area contributed by atoms with Gasteiger partial charge in [-0.25, -0.2) is 8.42 Å². The van der Waals surface area contributed by atoms with Gasteiger partial charge in [0.1, 0.15) is 9.84 Å². The first-order valence-electron chi connectivity index (χ1n) is 6.83. The summed E-state index contributed by atoms with van der Waals surface area (Å²) in [4.78, 5) is 0. The number of sulfone groups is 1. The summed E-state index contributed by atoms with van der Waals surface area (Å²) in [6.07, 6.45) is -4.50. The summed E-state index contributed by atoms with van der Waals surface area (Å²) in [5.41, 5.74) is 0.572. The molecular weight excluding hydrogens is 303 g/mol. The first-order valence-corrected chi connectivity index (χ1v) is 8.65. The Labute approximate surface area is 122 Å². The highest BCUT2D eigenvalue weighted by Gasteiger charge is 2.34. The summed E-state index contributed by atoms with van der Waals surface area (Å²) in [6, 6.07) is 7.43. The molecule has 0 saturated carbocycles. The fourth-order valence-corrected chi connectivity index (χ4v) is 4.02. The van der Waals surface area contributed by atoms with Crippen LogP contribution < -0.4 is 5.32 Å². The fourth-order valence-electron chi connectivity index (χ4n) is 2.53. The van der Waals surface area contributed by atoms with Gasteiger partial charge in [-0.2, -0.15) is 13.2 Å². The molecule has 0 aliphatic carbocycles. The Hall–Kier alpha value is -1.08. The Bertz CT molecular complexity index is 543. The summed E-state index contributed by atoms with van der Waals surface area (Å²) in [5.74, 6) is 0.0798. The maximum atomic E-state index is 12.7. The van der Waals surface area contributed by atoms with Gasteiger partial charge in [0.05, 0.1) is 17.9 Å². The topological polar surface area (TPSA) is 46.2 Å². The third kappa shape index (κ3) is 5.32. The van der Waals surface area contributed by atoms with Gasteiger partial charge in [0.15, 0.2) is 0 Å². The summed E-state index contributed by atoms with van der Waals surface area (Å²) in [6.45, 7) is 0. The fraction of sp³-hybridized carbons (Fsp3) is 0.571. The highest BCUT2D eigenvalue weighted by Crippen LogP contribution is 2.30. The lowest BCUT2D eigenvalue weighted by Crippen LogP contribution is -2.40. The van der Waals surface area contributed by atoms with Crippen molar-refractivity contribution in [1.82, 2.24) is 5.32 Å². The maximum absolute atomic E-state index is 12.7. The maximum Gasteiger partial charge on any atom is 0.390 e. The van der Waals surface area contributed by atoms with Crippen molar-refractivity contribution in [3.63, 3.8) is 0 Å². The molecule has 0 aromatic heterocycles. The molecule has 21 heavy (non-hydrogen) atoms. The number of rotatable bonds is 4. The minimum absolute atomic E-state index is 0.0399. The number of alkyl halides is 3. The van der Waals surface area contributed by atoms with Crippen molar-refractivity contribution in [1.29, 1.82) is 0 Å². The highest BCUT2D eigenvalue weighted by molar-refractivity contribution is 7.91. The molecule has 3 nitrogen and oxygen atoms in total. The standard InChI is InChI=1S/C14H18F3NO2S/c15-14(16,17)10-13(11-4-2-1-3-5-11)18-12-6-8-21(19,20)9-7-12/h1-5,12-13,18H,6-10H2. The van der Waals surface area contributed by atoms with E-state index in [-0.39, 0.29) is 17.5 Å². The predicted molar refractivity (Wildman–Crippen MR) is 74.7 cm³/mol. The van der Waals surface area contributed by atoms with Crippen LogP contribution >= 0.6 is 0 Å². The number of benzene rings is 1. The molecule has 1 aliphatic rings. The van der Waals surface area contributed by atoms with E-state index >= 15 is 0 Å². The van der Waals surface area contributed by atoms with E-state index in [1.165, 1.54) is 0 Å². The molecule has 1 aromatic rings. The van der Waals surface area contributed by atoms with Gasteiger partial charge in [0.2, 0.25) is 0 Å². The van der Waals surface area contributed by atoms with E-state index in [2.05, 4.69) is 5.32 Å². The molecule has 118 valence electrons. The van der Waals surface area contributed by atoms with E-state index in [0.717, 1.165) is 0 Å². The zero-order valence-corrected chi connectivity index (χ0v) is 12.3. The molecule has 1 fully saturated rings. The Morgan fingerprint density at radius 3 is 2.24 bits per heavy atom. The average Bonchev–Trinajstić information content (AvgIpc) is 2.40. The molecule has 1 N–H and O–H groups in total. The SMILES string of the molecule is O=S1(=O)CCC(NC(CC(F)(F)F)c2ccccc2)CC1. The third-order valence-corrected chi connectivity index (χ3v) is 5.34. The van der Waals surface area contributed by atoms with Crippen molar-refractivity contribution in [2.45, 2.75) is 37.5 Å². The molecule has 1 heterocycles. The summed E-state index contributed by atoms with van der Waals surface area (Å²) in [7, 11) is -3.01. The normalized spacial score (nSPS) is 21.1. The predicted octanol–water partition coefficient (Wildman–Crippen LogP) is 2.85. The largest absolute Gasteiger partial charge is 0.390 e. The summed E-state index contributed by atoms with van der Waals surface area (Å²) in [5, 5.41) is 2.98. The minimum Gasteiger partial charge on any atom is -0.307 e. The number of hydrogen-bond donors (Lipinski definition) is 1. The molecule has 7 heteroatoms. The second kappa shape index (κ2) is 6.36. The summed E-state index contributed by atoms with van der Waals surface area (Å²) >= 11 is 0. The minimum atomic E-state index is -4.27. The van der Waals surface area contributed by atoms with Crippen molar-refractivity contribution >= 4 is 9.84 Å². The Morgan fingerprint density at radius 2 is 1.71 bits per heavy atom. The lowest BCUT2D eigenvalue weighted by atomic mass is 10.0. The van der Waals surface area contributed by atoms with Crippen LogP contribution in [-0.4, -0.2) is 32.1 Å². The average molecular weight is 321 g/mol. The van der Waals surface area contributed by atoms with Crippen LogP contribution in [0.3, 0.4) is 0 Å². The zero-order chi connectivity index (χ0) is 15.5. The van der Waals surface area contributed by atoms with Crippen molar-refractivity contribution in [2.24, 2.45) is 0 Å². The van der Waals surface area contributed by atoms with E-state index in [0.29, 0.717) is 18.4 Å². The summed E-state index contributed by atoms with van der Waals surface area (Å²) < 4.78 is 60.9. The van der Waals surface area contributed by atoms with Crippen LogP contribution in [0.2, 0.25) is 0 Å². The second-order valence-corrected chi connectivity index (χ2v) is 7.68. The van der Waals surface area contributed by atoms with Crippen LogP contribution in [0.1, 0.15) is 30.9 Å². The van der Waals surface area contributed by atoms with Gasteiger partial charge in [-0.1, -0.05) is 30.3 Å². The quantitative estimate of drug-likeness (QED) is 0.927.